The van der Waals surface area contributed by atoms with Gasteiger partial charge in [-0.1, -0.05) is 6.07 Å². The molecule has 0 radical (unpaired) electrons. The zero-order valence-electron chi connectivity index (χ0n) is 10.9. The van der Waals surface area contributed by atoms with Gasteiger partial charge in [0.25, 0.3) is 0 Å². The molecule has 2 aromatic rings. The maximum atomic E-state index is 5.65. The summed E-state index contributed by atoms with van der Waals surface area (Å²) in [6, 6.07) is 8.33. The van der Waals surface area contributed by atoms with Crippen molar-refractivity contribution < 1.29 is 9.15 Å². The van der Waals surface area contributed by atoms with Gasteiger partial charge in [-0.25, -0.2) is 0 Å². The number of nitrogens with one attached hydrogen (secondary N) is 1. The molecule has 1 saturated carbocycles. The molecular formula is C14H17N3O2. The zero-order valence-corrected chi connectivity index (χ0v) is 10.9. The van der Waals surface area contributed by atoms with E-state index in [9.17, 15) is 0 Å². The van der Waals surface area contributed by atoms with Gasteiger partial charge in [0.1, 0.15) is 5.75 Å². The summed E-state index contributed by atoms with van der Waals surface area (Å²) in [5.74, 6) is 2.00. The van der Waals surface area contributed by atoms with Crippen molar-refractivity contribution >= 4 is 0 Å². The van der Waals surface area contributed by atoms with Crippen molar-refractivity contribution in [3.05, 3.63) is 30.2 Å². The smallest absolute Gasteiger partial charge is 0.247 e. The van der Waals surface area contributed by atoms with Crippen LogP contribution in [0, 0.1) is 0 Å². The summed E-state index contributed by atoms with van der Waals surface area (Å²) in [5.41, 5.74) is 0.883. The largest absolute Gasteiger partial charge is 0.497 e. The lowest BCUT2D eigenvalue weighted by Gasteiger charge is -2.00. The van der Waals surface area contributed by atoms with Crippen LogP contribution in [0.2, 0.25) is 0 Å². The van der Waals surface area contributed by atoms with Crippen LogP contribution in [0.15, 0.2) is 28.7 Å². The Balaban J connectivity index is 1.65. The molecule has 1 aromatic carbocycles. The summed E-state index contributed by atoms with van der Waals surface area (Å²) < 4.78 is 10.8. The Labute approximate surface area is 112 Å². The van der Waals surface area contributed by atoms with Gasteiger partial charge in [0.15, 0.2) is 0 Å². The third-order valence-corrected chi connectivity index (χ3v) is 3.13. The molecule has 19 heavy (non-hydrogen) atoms. The summed E-state index contributed by atoms with van der Waals surface area (Å²) in [7, 11) is 1.64. The lowest BCUT2D eigenvalue weighted by molar-refractivity contribution is 0.414. The molecule has 1 aliphatic rings. The molecule has 1 fully saturated rings. The van der Waals surface area contributed by atoms with E-state index in [1.165, 1.54) is 12.8 Å². The van der Waals surface area contributed by atoms with Crippen molar-refractivity contribution in [3.8, 4) is 17.2 Å². The molecule has 1 heterocycles. The summed E-state index contributed by atoms with van der Waals surface area (Å²) in [6.45, 7) is 0.893. The zero-order chi connectivity index (χ0) is 13.1. The van der Waals surface area contributed by atoms with E-state index in [-0.39, 0.29) is 0 Å². The minimum Gasteiger partial charge on any atom is -0.497 e. The van der Waals surface area contributed by atoms with Crippen molar-refractivity contribution in [1.29, 1.82) is 0 Å². The lowest BCUT2D eigenvalue weighted by atomic mass is 10.2. The Bertz CT molecular complexity index is 549. The summed E-state index contributed by atoms with van der Waals surface area (Å²) in [6.07, 6.45) is 3.35. The van der Waals surface area contributed by atoms with Crippen molar-refractivity contribution in [2.75, 3.05) is 13.7 Å². The minimum atomic E-state index is 0.542. The number of ether oxygens (including phenoxy) is 1. The van der Waals surface area contributed by atoms with Crippen LogP contribution in [0.4, 0.5) is 0 Å². The van der Waals surface area contributed by atoms with Crippen LogP contribution in [0.25, 0.3) is 11.5 Å². The highest BCUT2D eigenvalue weighted by molar-refractivity contribution is 5.55. The predicted octanol–water partition coefficient (Wildman–Crippen LogP) is 2.04. The Morgan fingerprint density at radius 1 is 1.37 bits per heavy atom. The van der Waals surface area contributed by atoms with Crippen LogP contribution in [-0.2, 0) is 6.42 Å². The van der Waals surface area contributed by atoms with Crippen LogP contribution in [-0.4, -0.2) is 29.9 Å². The van der Waals surface area contributed by atoms with E-state index in [0.29, 0.717) is 17.8 Å². The Morgan fingerprint density at radius 2 is 2.26 bits per heavy atom. The molecule has 0 aliphatic heterocycles. The average molecular weight is 259 g/mol. The number of hydrogen-bond donors (Lipinski definition) is 1. The number of methoxy groups -OCH3 is 1. The van der Waals surface area contributed by atoms with E-state index in [1.54, 1.807) is 7.11 Å². The molecule has 100 valence electrons. The fourth-order valence-corrected chi connectivity index (χ4v) is 1.90. The highest BCUT2D eigenvalue weighted by atomic mass is 16.5. The molecule has 1 aliphatic carbocycles. The first-order valence-corrected chi connectivity index (χ1v) is 6.55. The summed E-state index contributed by atoms with van der Waals surface area (Å²) in [5, 5.41) is 11.6. The highest BCUT2D eigenvalue weighted by Crippen LogP contribution is 2.23. The maximum Gasteiger partial charge on any atom is 0.247 e. The summed E-state index contributed by atoms with van der Waals surface area (Å²) in [4.78, 5) is 0. The van der Waals surface area contributed by atoms with E-state index in [1.807, 2.05) is 24.3 Å². The number of aromatic nitrogens is 2. The molecule has 0 saturated heterocycles. The molecule has 3 rings (SSSR count). The molecule has 5 heteroatoms. The Kier molecular flexibility index (Phi) is 3.46. The van der Waals surface area contributed by atoms with Crippen LogP contribution >= 0.6 is 0 Å². The Morgan fingerprint density at radius 3 is 3.05 bits per heavy atom. The molecule has 0 bridgehead atoms. The van der Waals surface area contributed by atoms with Crippen LogP contribution < -0.4 is 10.1 Å². The maximum absolute atomic E-state index is 5.65. The topological polar surface area (TPSA) is 60.2 Å². The van der Waals surface area contributed by atoms with Crippen LogP contribution in [0.5, 0.6) is 5.75 Å². The molecular weight excluding hydrogens is 242 g/mol. The molecule has 1 aromatic heterocycles. The molecule has 0 spiro atoms. The second-order valence-electron chi connectivity index (χ2n) is 4.71. The van der Waals surface area contributed by atoms with Crippen molar-refractivity contribution in [1.82, 2.24) is 15.5 Å². The number of hydrogen-bond acceptors (Lipinski definition) is 5. The van der Waals surface area contributed by atoms with E-state index in [0.717, 1.165) is 24.3 Å². The fourth-order valence-electron chi connectivity index (χ4n) is 1.90. The van der Waals surface area contributed by atoms with E-state index < -0.39 is 0 Å². The molecule has 0 unspecified atom stereocenters. The third-order valence-electron chi connectivity index (χ3n) is 3.13. The average Bonchev–Trinajstić information content (AvgIpc) is 3.15. The van der Waals surface area contributed by atoms with Gasteiger partial charge in [-0.15, -0.1) is 10.2 Å². The number of benzene rings is 1. The lowest BCUT2D eigenvalue weighted by Crippen LogP contribution is -2.19. The molecule has 5 nitrogen and oxygen atoms in total. The van der Waals surface area contributed by atoms with E-state index in [2.05, 4.69) is 15.5 Å². The first kappa shape index (κ1) is 12.2. The highest BCUT2D eigenvalue weighted by Gasteiger charge is 2.20. The first-order chi connectivity index (χ1) is 9.35. The van der Waals surface area contributed by atoms with Crippen LogP contribution in [0.1, 0.15) is 18.7 Å². The fraction of sp³-hybridized carbons (Fsp3) is 0.429. The van der Waals surface area contributed by atoms with Gasteiger partial charge in [0, 0.05) is 24.6 Å². The SMILES string of the molecule is COc1cccc(-c2nnc(CCNC3CC3)o2)c1. The van der Waals surface area contributed by atoms with Gasteiger partial charge >= 0.3 is 0 Å². The van der Waals surface area contributed by atoms with E-state index in [4.69, 9.17) is 9.15 Å². The molecule has 0 atom stereocenters. The molecule has 1 N–H and O–H groups in total. The van der Waals surface area contributed by atoms with Crippen LogP contribution in [0.3, 0.4) is 0 Å². The number of rotatable bonds is 6. The van der Waals surface area contributed by atoms with Gasteiger partial charge < -0.3 is 14.5 Å². The van der Waals surface area contributed by atoms with Crippen molar-refractivity contribution in [3.63, 3.8) is 0 Å². The van der Waals surface area contributed by atoms with Gasteiger partial charge in [0.2, 0.25) is 11.8 Å². The number of nitrogens with zero attached hydrogens (tertiary/aromatic N) is 2. The second kappa shape index (κ2) is 5.40. The van der Waals surface area contributed by atoms with E-state index >= 15 is 0 Å². The summed E-state index contributed by atoms with van der Waals surface area (Å²) >= 11 is 0. The van der Waals surface area contributed by atoms with Gasteiger partial charge in [0.05, 0.1) is 7.11 Å². The van der Waals surface area contributed by atoms with Gasteiger partial charge in [-0.3, -0.25) is 0 Å². The van der Waals surface area contributed by atoms with Crippen molar-refractivity contribution in [2.24, 2.45) is 0 Å². The van der Waals surface area contributed by atoms with Crippen molar-refractivity contribution in [2.45, 2.75) is 25.3 Å². The van der Waals surface area contributed by atoms with Gasteiger partial charge in [-0.2, -0.15) is 0 Å². The monoisotopic (exact) mass is 259 g/mol. The van der Waals surface area contributed by atoms with Gasteiger partial charge in [-0.05, 0) is 31.0 Å². The first-order valence-electron chi connectivity index (χ1n) is 6.55. The minimum absolute atomic E-state index is 0.542. The quantitative estimate of drug-likeness (QED) is 0.860. The molecule has 0 amide bonds. The third kappa shape index (κ3) is 3.12. The predicted molar refractivity (Wildman–Crippen MR) is 71.0 cm³/mol. The second-order valence-corrected chi connectivity index (χ2v) is 4.71. The normalized spacial score (nSPS) is 14.6. The Hall–Kier alpha value is -1.88. The standard InChI is InChI=1S/C14H17N3O2/c1-18-12-4-2-3-10(9-12)14-17-16-13(19-14)7-8-15-11-5-6-11/h2-4,9,11,15H,5-8H2,1H3.